The summed E-state index contributed by atoms with van der Waals surface area (Å²) in [4.78, 5) is 17.2. The van der Waals surface area contributed by atoms with Gasteiger partial charge in [0.25, 0.3) is 0 Å². The van der Waals surface area contributed by atoms with Crippen LogP contribution in [0.4, 0.5) is 5.69 Å². The van der Waals surface area contributed by atoms with E-state index in [1.54, 1.807) is 19.2 Å². The van der Waals surface area contributed by atoms with Gasteiger partial charge in [0.15, 0.2) is 0 Å². The minimum atomic E-state index is -0.134. The van der Waals surface area contributed by atoms with Crippen molar-refractivity contribution in [3.63, 3.8) is 0 Å². The van der Waals surface area contributed by atoms with Gasteiger partial charge in [-0.25, -0.2) is 4.98 Å². The summed E-state index contributed by atoms with van der Waals surface area (Å²) in [6.45, 7) is 2.33. The average Bonchev–Trinajstić information content (AvgIpc) is 2.34. The van der Waals surface area contributed by atoms with Crippen molar-refractivity contribution in [2.45, 2.75) is 6.92 Å². The number of anilines is 1. The van der Waals surface area contributed by atoms with Crippen molar-refractivity contribution < 1.29 is 9.53 Å². The van der Waals surface area contributed by atoms with Gasteiger partial charge in [-0.1, -0.05) is 35.0 Å². The van der Waals surface area contributed by atoms with Crippen LogP contribution in [-0.2, 0) is 9.53 Å². The Morgan fingerprint density at radius 3 is 2.58 bits per heavy atom. The Bertz CT molecular complexity index is 466. The molecule has 4 nitrogen and oxygen atoms in total. The van der Waals surface area contributed by atoms with Crippen molar-refractivity contribution in [1.82, 2.24) is 4.98 Å². The van der Waals surface area contributed by atoms with Crippen LogP contribution in [0.25, 0.3) is 0 Å². The molecule has 0 aliphatic rings. The molecular weight excluding hydrogens is 327 g/mol. The molecule has 8 heteroatoms. The first-order valence-electron chi connectivity index (χ1n) is 5.33. The van der Waals surface area contributed by atoms with E-state index in [0.717, 1.165) is 0 Å². The van der Waals surface area contributed by atoms with Crippen LogP contribution in [0.3, 0.4) is 0 Å². The van der Waals surface area contributed by atoms with E-state index in [2.05, 4.69) is 4.98 Å². The fraction of sp³-hybridized carbons (Fsp3) is 0.364. The van der Waals surface area contributed by atoms with E-state index in [9.17, 15) is 4.79 Å². The van der Waals surface area contributed by atoms with Gasteiger partial charge in [0.1, 0.15) is 10.3 Å². The molecule has 0 N–H and O–H groups in total. The van der Waals surface area contributed by atoms with Crippen LogP contribution < -0.4 is 4.90 Å². The Morgan fingerprint density at radius 1 is 1.47 bits per heavy atom. The SMILES string of the molecule is CCOC(=S)SCC(=O)N(C)c1cc(Cl)nc(Cl)c1. The van der Waals surface area contributed by atoms with Crippen molar-refractivity contribution in [2.24, 2.45) is 0 Å². The van der Waals surface area contributed by atoms with Crippen LogP contribution in [0.2, 0.25) is 10.3 Å². The van der Waals surface area contributed by atoms with E-state index in [1.807, 2.05) is 6.92 Å². The van der Waals surface area contributed by atoms with E-state index in [4.69, 9.17) is 40.2 Å². The first kappa shape index (κ1) is 16.5. The minimum Gasteiger partial charge on any atom is -0.479 e. The first-order chi connectivity index (χ1) is 8.93. The highest BCUT2D eigenvalue weighted by atomic mass is 35.5. The van der Waals surface area contributed by atoms with Crippen molar-refractivity contribution in [3.05, 3.63) is 22.4 Å². The highest BCUT2D eigenvalue weighted by Gasteiger charge is 2.14. The number of nitrogens with zero attached hydrogens (tertiary/aromatic N) is 2. The zero-order valence-corrected chi connectivity index (χ0v) is 13.5. The Hall–Kier alpha value is -0.560. The lowest BCUT2D eigenvalue weighted by Crippen LogP contribution is -2.28. The van der Waals surface area contributed by atoms with Gasteiger partial charge >= 0.3 is 0 Å². The van der Waals surface area contributed by atoms with Crippen LogP contribution in [-0.4, -0.2) is 34.7 Å². The third-order valence-electron chi connectivity index (χ3n) is 2.08. The summed E-state index contributed by atoms with van der Waals surface area (Å²) >= 11 is 17.7. The molecule has 0 aliphatic carbocycles. The van der Waals surface area contributed by atoms with Gasteiger partial charge in [0.2, 0.25) is 10.3 Å². The predicted molar refractivity (Wildman–Crippen MR) is 84.3 cm³/mol. The summed E-state index contributed by atoms with van der Waals surface area (Å²) in [7, 11) is 1.63. The second kappa shape index (κ2) is 7.89. The lowest BCUT2D eigenvalue weighted by atomic mass is 10.3. The fourth-order valence-electron chi connectivity index (χ4n) is 1.17. The van der Waals surface area contributed by atoms with Crippen LogP contribution >= 0.6 is 47.2 Å². The summed E-state index contributed by atoms with van der Waals surface area (Å²) < 4.78 is 5.44. The smallest absolute Gasteiger partial charge is 0.237 e. The number of thioether (sulfide) groups is 1. The molecule has 1 amide bonds. The number of pyridine rings is 1. The molecule has 0 spiro atoms. The maximum atomic E-state index is 12.0. The molecule has 1 rings (SSSR count). The zero-order valence-electron chi connectivity index (χ0n) is 10.4. The van der Waals surface area contributed by atoms with Gasteiger partial charge in [-0.3, -0.25) is 4.79 Å². The molecule has 1 heterocycles. The first-order valence-corrected chi connectivity index (χ1v) is 7.48. The summed E-state index contributed by atoms with van der Waals surface area (Å²) in [5, 5.41) is 0.472. The normalized spacial score (nSPS) is 10.1. The molecule has 0 aliphatic heterocycles. The van der Waals surface area contributed by atoms with Crippen molar-refractivity contribution in [1.29, 1.82) is 0 Å². The van der Waals surface area contributed by atoms with E-state index in [1.165, 1.54) is 16.7 Å². The molecule has 0 saturated carbocycles. The largest absolute Gasteiger partial charge is 0.479 e. The minimum absolute atomic E-state index is 0.134. The molecule has 19 heavy (non-hydrogen) atoms. The molecule has 0 saturated heterocycles. The summed E-state index contributed by atoms with van der Waals surface area (Å²) in [6, 6.07) is 3.13. The Balaban J connectivity index is 2.63. The maximum Gasteiger partial charge on any atom is 0.237 e. The molecule has 0 bridgehead atoms. The van der Waals surface area contributed by atoms with Gasteiger partial charge < -0.3 is 9.64 Å². The number of aromatic nitrogens is 1. The van der Waals surface area contributed by atoms with Crippen molar-refractivity contribution in [3.8, 4) is 0 Å². The molecule has 0 atom stereocenters. The number of hydrogen-bond acceptors (Lipinski definition) is 5. The lowest BCUT2D eigenvalue weighted by molar-refractivity contribution is -0.115. The summed E-state index contributed by atoms with van der Waals surface area (Å²) in [5.41, 5.74) is 0.581. The monoisotopic (exact) mass is 338 g/mol. The molecule has 0 fully saturated rings. The van der Waals surface area contributed by atoms with Gasteiger partial charge in [-0.15, -0.1) is 0 Å². The summed E-state index contributed by atoms with van der Waals surface area (Å²) in [6.07, 6.45) is 0. The number of carbonyl (C=O) groups is 1. The number of thiocarbonyl (C=S) groups is 1. The third-order valence-corrected chi connectivity index (χ3v) is 3.69. The fourth-order valence-corrected chi connectivity index (χ4v) is 2.55. The van der Waals surface area contributed by atoms with Gasteiger partial charge in [-0.2, -0.15) is 0 Å². The van der Waals surface area contributed by atoms with Crippen LogP contribution in [0, 0.1) is 0 Å². The van der Waals surface area contributed by atoms with Gasteiger partial charge in [-0.05, 0) is 31.3 Å². The number of rotatable bonds is 4. The Morgan fingerprint density at radius 2 is 2.05 bits per heavy atom. The zero-order chi connectivity index (χ0) is 14.4. The topological polar surface area (TPSA) is 42.4 Å². The molecule has 0 unspecified atom stereocenters. The quantitative estimate of drug-likeness (QED) is 0.621. The number of halogens is 2. The Labute approximate surface area is 131 Å². The molecule has 104 valence electrons. The molecule has 0 aromatic carbocycles. The molecular formula is C11H12Cl2N2O2S2. The third kappa shape index (κ3) is 5.52. The predicted octanol–water partition coefficient (Wildman–Crippen LogP) is 3.41. The van der Waals surface area contributed by atoms with Crippen LogP contribution in [0.15, 0.2) is 12.1 Å². The van der Waals surface area contributed by atoms with Gasteiger partial charge in [0, 0.05) is 12.7 Å². The average molecular weight is 339 g/mol. The second-order valence-corrected chi connectivity index (χ2v) is 5.75. The number of ether oxygens (including phenoxy) is 1. The Kier molecular flexibility index (Phi) is 6.85. The molecule has 1 aromatic heterocycles. The number of carbonyl (C=O) groups excluding carboxylic acids is 1. The van der Waals surface area contributed by atoms with Crippen LogP contribution in [0.5, 0.6) is 0 Å². The van der Waals surface area contributed by atoms with Crippen LogP contribution in [0.1, 0.15) is 6.92 Å². The van der Waals surface area contributed by atoms with Gasteiger partial charge in [0.05, 0.1) is 12.4 Å². The second-order valence-electron chi connectivity index (χ2n) is 3.40. The van der Waals surface area contributed by atoms with Crippen molar-refractivity contribution in [2.75, 3.05) is 24.3 Å². The number of hydrogen-bond donors (Lipinski definition) is 0. The van der Waals surface area contributed by atoms with E-state index in [-0.39, 0.29) is 22.0 Å². The standard InChI is InChI=1S/C11H12Cl2N2O2S2/c1-3-17-11(18)19-6-10(16)15(2)7-4-8(12)14-9(13)5-7/h4-5H,3,6H2,1-2H3. The summed E-state index contributed by atoms with van der Waals surface area (Å²) in [5.74, 6) is 0.0535. The van der Waals surface area contributed by atoms with E-state index < -0.39 is 0 Å². The molecule has 0 radical (unpaired) electrons. The highest BCUT2D eigenvalue weighted by molar-refractivity contribution is 8.23. The lowest BCUT2D eigenvalue weighted by Gasteiger charge is -2.17. The number of amides is 1. The highest BCUT2D eigenvalue weighted by Crippen LogP contribution is 2.22. The molecule has 1 aromatic rings. The maximum absolute atomic E-state index is 12.0. The van der Waals surface area contributed by atoms with E-state index in [0.29, 0.717) is 16.7 Å². The van der Waals surface area contributed by atoms with E-state index >= 15 is 0 Å². The van der Waals surface area contributed by atoms with Crippen molar-refractivity contribution >= 4 is 63.2 Å².